The van der Waals surface area contributed by atoms with Crippen molar-refractivity contribution in [2.24, 2.45) is 0 Å². The van der Waals surface area contributed by atoms with E-state index in [4.69, 9.17) is 9.47 Å². The van der Waals surface area contributed by atoms with Crippen molar-refractivity contribution < 1.29 is 14.6 Å². The molecule has 2 N–H and O–H groups in total. The summed E-state index contributed by atoms with van der Waals surface area (Å²) in [5, 5.41) is 13.5. The number of nitrogens with one attached hydrogen (secondary N) is 1. The molecule has 1 aliphatic rings. The van der Waals surface area contributed by atoms with Crippen molar-refractivity contribution in [3.05, 3.63) is 23.8 Å². The van der Waals surface area contributed by atoms with Crippen molar-refractivity contribution in [3.8, 4) is 11.5 Å². The van der Waals surface area contributed by atoms with Crippen LogP contribution in [0.5, 0.6) is 11.5 Å². The van der Waals surface area contributed by atoms with Crippen LogP contribution in [0.4, 0.5) is 0 Å². The third-order valence-corrected chi connectivity index (χ3v) is 2.98. The van der Waals surface area contributed by atoms with Crippen LogP contribution < -0.4 is 14.8 Å². The Labute approximate surface area is 102 Å². The normalized spacial score (nSPS) is 16.6. The summed E-state index contributed by atoms with van der Waals surface area (Å²) in [7, 11) is 3.19. The number of ether oxygens (including phenoxy) is 2. The minimum Gasteiger partial charge on any atom is -0.496 e. The summed E-state index contributed by atoms with van der Waals surface area (Å²) < 4.78 is 10.5. The summed E-state index contributed by atoms with van der Waals surface area (Å²) in [5.41, 5.74) is 0.714. The molecule has 4 nitrogen and oxygen atoms in total. The molecule has 17 heavy (non-hydrogen) atoms. The molecule has 1 saturated carbocycles. The van der Waals surface area contributed by atoms with Gasteiger partial charge in [0.1, 0.15) is 11.5 Å². The average Bonchev–Trinajstić information content (AvgIpc) is 3.18. The lowest BCUT2D eigenvalue weighted by molar-refractivity contribution is 0.165. The minimum absolute atomic E-state index is 0.529. The molecule has 4 heteroatoms. The maximum absolute atomic E-state index is 10.2. The minimum atomic E-state index is -0.610. The van der Waals surface area contributed by atoms with Gasteiger partial charge in [-0.15, -0.1) is 0 Å². The highest BCUT2D eigenvalue weighted by Crippen LogP contribution is 2.34. The first-order chi connectivity index (χ1) is 8.26. The second kappa shape index (κ2) is 5.38. The van der Waals surface area contributed by atoms with Gasteiger partial charge in [-0.1, -0.05) is 6.07 Å². The lowest BCUT2D eigenvalue weighted by atomic mass is 10.1. The van der Waals surface area contributed by atoms with Gasteiger partial charge >= 0.3 is 0 Å². The van der Waals surface area contributed by atoms with E-state index in [1.54, 1.807) is 14.2 Å². The molecule has 0 bridgehead atoms. The number of benzene rings is 1. The van der Waals surface area contributed by atoms with Crippen molar-refractivity contribution in [1.82, 2.24) is 5.32 Å². The molecule has 0 saturated heterocycles. The molecule has 1 aromatic carbocycles. The molecule has 2 rings (SSSR count). The molecule has 0 amide bonds. The summed E-state index contributed by atoms with van der Waals surface area (Å²) in [6, 6.07) is 6.09. The standard InChI is InChI=1S/C13H19NO3/c1-16-11-4-3-5-12(17-2)13(11)10(15)8-14-9-6-7-9/h3-5,9-10,14-15H,6-8H2,1-2H3. The fourth-order valence-corrected chi connectivity index (χ4v) is 1.88. The first-order valence-corrected chi connectivity index (χ1v) is 5.88. The molecule has 94 valence electrons. The Morgan fingerprint density at radius 1 is 1.29 bits per heavy atom. The summed E-state index contributed by atoms with van der Waals surface area (Å²) in [4.78, 5) is 0. The first-order valence-electron chi connectivity index (χ1n) is 5.88. The van der Waals surface area contributed by atoms with Gasteiger partial charge in [-0.25, -0.2) is 0 Å². The molecule has 1 aliphatic carbocycles. The number of aliphatic hydroxyl groups excluding tert-OH is 1. The summed E-state index contributed by atoms with van der Waals surface area (Å²) in [6.45, 7) is 0.529. The lowest BCUT2D eigenvalue weighted by Gasteiger charge is -2.18. The summed E-state index contributed by atoms with van der Waals surface area (Å²) >= 11 is 0. The summed E-state index contributed by atoms with van der Waals surface area (Å²) in [6.07, 6.45) is 1.80. The molecule has 0 aliphatic heterocycles. The molecule has 1 fully saturated rings. The molecule has 0 aromatic heterocycles. The van der Waals surface area contributed by atoms with Crippen molar-refractivity contribution in [3.63, 3.8) is 0 Å². The van der Waals surface area contributed by atoms with Crippen LogP contribution in [-0.2, 0) is 0 Å². The van der Waals surface area contributed by atoms with E-state index in [2.05, 4.69) is 5.32 Å². The van der Waals surface area contributed by atoms with Crippen molar-refractivity contribution in [2.75, 3.05) is 20.8 Å². The molecule has 1 atom stereocenters. The third-order valence-electron chi connectivity index (χ3n) is 2.98. The van der Waals surface area contributed by atoms with Crippen LogP contribution in [-0.4, -0.2) is 31.9 Å². The fourth-order valence-electron chi connectivity index (χ4n) is 1.88. The van der Waals surface area contributed by atoms with Gasteiger partial charge in [-0.2, -0.15) is 0 Å². The molecule has 1 aromatic rings. The van der Waals surface area contributed by atoms with Crippen molar-refractivity contribution in [2.45, 2.75) is 25.0 Å². The lowest BCUT2D eigenvalue weighted by Crippen LogP contribution is -2.24. The zero-order valence-corrected chi connectivity index (χ0v) is 10.3. The number of hydrogen-bond donors (Lipinski definition) is 2. The fraction of sp³-hybridized carbons (Fsp3) is 0.538. The van der Waals surface area contributed by atoms with E-state index in [1.165, 1.54) is 12.8 Å². The van der Waals surface area contributed by atoms with Crippen LogP contribution in [0.2, 0.25) is 0 Å². The van der Waals surface area contributed by atoms with Gasteiger partial charge in [-0.3, -0.25) is 0 Å². The monoisotopic (exact) mass is 237 g/mol. The molecule has 0 spiro atoms. The van der Waals surface area contributed by atoms with E-state index in [0.29, 0.717) is 29.6 Å². The molecule has 0 radical (unpaired) electrons. The van der Waals surface area contributed by atoms with Crippen LogP contribution in [0.15, 0.2) is 18.2 Å². The maximum atomic E-state index is 10.2. The van der Waals surface area contributed by atoms with Crippen LogP contribution in [0, 0.1) is 0 Å². The predicted octanol–water partition coefficient (Wildman–Crippen LogP) is 1.49. The number of hydrogen-bond acceptors (Lipinski definition) is 4. The van der Waals surface area contributed by atoms with E-state index in [9.17, 15) is 5.11 Å². The zero-order valence-electron chi connectivity index (χ0n) is 10.3. The van der Waals surface area contributed by atoms with E-state index >= 15 is 0 Å². The van der Waals surface area contributed by atoms with Crippen LogP contribution in [0.1, 0.15) is 24.5 Å². The largest absolute Gasteiger partial charge is 0.496 e. The Morgan fingerprint density at radius 3 is 2.35 bits per heavy atom. The Bertz CT molecular complexity index is 355. The predicted molar refractivity (Wildman–Crippen MR) is 65.5 cm³/mol. The van der Waals surface area contributed by atoms with E-state index < -0.39 is 6.10 Å². The number of rotatable bonds is 6. The van der Waals surface area contributed by atoms with Crippen LogP contribution in [0.25, 0.3) is 0 Å². The van der Waals surface area contributed by atoms with E-state index in [1.807, 2.05) is 18.2 Å². The highest BCUT2D eigenvalue weighted by molar-refractivity contribution is 5.46. The average molecular weight is 237 g/mol. The number of methoxy groups -OCH3 is 2. The quantitative estimate of drug-likeness (QED) is 0.787. The van der Waals surface area contributed by atoms with Crippen molar-refractivity contribution in [1.29, 1.82) is 0 Å². The Morgan fingerprint density at radius 2 is 1.88 bits per heavy atom. The van der Waals surface area contributed by atoms with Crippen molar-refractivity contribution >= 4 is 0 Å². The van der Waals surface area contributed by atoms with Crippen LogP contribution >= 0.6 is 0 Å². The van der Waals surface area contributed by atoms with Gasteiger partial charge in [0.25, 0.3) is 0 Å². The van der Waals surface area contributed by atoms with Gasteiger partial charge < -0.3 is 19.9 Å². The Balaban J connectivity index is 2.14. The highest BCUT2D eigenvalue weighted by atomic mass is 16.5. The Hall–Kier alpha value is -1.26. The van der Waals surface area contributed by atoms with Gasteiger partial charge in [0.15, 0.2) is 0 Å². The molecular formula is C13H19NO3. The zero-order chi connectivity index (χ0) is 12.3. The smallest absolute Gasteiger partial charge is 0.128 e. The van der Waals surface area contributed by atoms with E-state index in [0.717, 1.165) is 0 Å². The first kappa shape index (κ1) is 12.2. The van der Waals surface area contributed by atoms with Gasteiger partial charge in [0.2, 0.25) is 0 Å². The molecule has 0 heterocycles. The van der Waals surface area contributed by atoms with Gasteiger partial charge in [-0.05, 0) is 25.0 Å². The third kappa shape index (κ3) is 2.90. The second-order valence-corrected chi connectivity index (χ2v) is 4.27. The highest BCUT2D eigenvalue weighted by Gasteiger charge is 2.24. The van der Waals surface area contributed by atoms with E-state index in [-0.39, 0.29) is 0 Å². The molecule has 1 unspecified atom stereocenters. The Kier molecular flexibility index (Phi) is 3.86. The maximum Gasteiger partial charge on any atom is 0.128 e. The van der Waals surface area contributed by atoms with Crippen LogP contribution in [0.3, 0.4) is 0 Å². The SMILES string of the molecule is COc1cccc(OC)c1C(O)CNC1CC1. The van der Waals surface area contributed by atoms with Gasteiger partial charge in [0, 0.05) is 12.6 Å². The summed E-state index contributed by atoms with van der Waals surface area (Å²) in [5.74, 6) is 1.32. The van der Waals surface area contributed by atoms with Gasteiger partial charge in [0.05, 0.1) is 25.9 Å². The second-order valence-electron chi connectivity index (χ2n) is 4.27. The molecular weight excluding hydrogens is 218 g/mol. The topological polar surface area (TPSA) is 50.7 Å². The number of aliphatic hydroxyl groups is 1.